The number of fused-ring (bicyclic) bond motifs is 1. The second-order valence-electron chi connectivity index (χ2n) is 4.85. The van der Waals surface area contributed by atoms with Crippen LogP contribution in [0.1, 0.15) is 0 Å². The standard InChI is InChI=1S/C15H16N6O3/c1-23-11-4-2-3-10(7-11)17-5-6-24-9-21-8-18-12-13(21)19-15(16)20-14(12)22/h2-5,7-8H,6,9H2,1H3,(H3,16,19,20,22)/b17-5+. The smallest absolute Gasteiger partial charge is 0.280 e. The van der Waals surface area contributed by atoms with Crippen molar-refractivity contribution in [3.63, 3.8) is 0 Å². The van der Waals surface area contributed by atoms with Crippen molar-refractivity contribution in [3.05, 3.63) is 40.9 Å². The Morgan fingerprint density at radius 1 is 1.46 bits per heavy atom. The second-order valence-corrected chi connectivity index (χ2v) is 4.85. The molecule has 0 spiro atoms. The fraction of sp³-hybridized carbons (Fsp3) is 0.200. The van der Waals surface area contributed by atoms with Gasteiger partial charge in [-0.15, -0.1) is 0 Å². The summed E-state index contributed by atoms with van der Waals surface area (Å²) in [5.41, 5.74) is 6.52. The van der Waals surface area contributed by atoms with E-state index in [1.54, 1.807) is 17.9 Å². The van der Waals surface area contributed by atoms with Gasteiger partial charge in [0.25, 0.3) is 5.56 Å². The zero-order valence-corrected chi connectivity index (χ0v) is 13.0. The van der Waals surface area contributed by atoms with Crippen molar-refractivity contribution in [1.82, 2.24) is 19.5 Å². The lowest BCUT2D eigenvalue weighted by Crippen LogP contribution is -2.12. The molecule has 0 radical (unpaired) electrons. The van der Waals surface area contributed by atoms with E-state index in [1.807, 2.05) is 24.3 Å². The number of anilines is 1. The third-order valence-corrected chi connectivity index (χ3v) is 3.21. The van der Waals surface area contributed by atoms with Gasteiger partial charge in [0.15, 0.2) is 11.2 Å². The number of methoxy groups -OCH3 is 1. The summed E-state index contributed by atoms with van der Waals surface area (Å²) in [6.45, 7) is 0.464. The van der Waals surface area contributed by atoms with E-state index in [9.17, 15) is 4.79 Å². The number of ether oxygens (including phenoxy) is 2. The number of nitrogen functional groups attached to an aromatic ring is 1. The van der Waals surface area contributed by atoms with Gasteiger partial charge in [-0.05, 0) is 12.1 Å². The number of nitrogens with zero attached hydrogens (tertiary/aromatic N) is 4. The van der Waals surface area contributed by atoms with Crippen LogP contribution < -0.4 is 16.0 Å². The van der Waals surface area contributed by atoms with E-state index in [4.69, 9.17) is 15.2 Å². The second kappa shape index (κ2) is 6.92. The quantitative estimate of drug-likeness (QED) is 0.516. The van der Waals surface area contributed by atoms with Crippen LogP contribution in [0.25, 0.3) is 11.2 Å². The number of benzene rings is 1. The Balaban J connectivity index is 1.61. The van der Waals surface area contributed by atoms with Gasteiger partial charge in [0, 0.05) is 12.3 Å². The largest absolute Gasteiger partial charge is 0.497 e. The van der Waals surface area contributed by atoms with Crippen LogP contribution in [-0.2, 0) is 11.5 Å². The highest BCUT2D eigenvalue weighted by Gasteiger charge is 2.08. The molecule has 124 valence electrons. The number of rotatable bonds is 6. The number of H-pyrrole nitrogens is 1. The van der Waals surface area contributed by atoms with E-state index in [0.29, 0.717) is 5.65 Å². The Morgan fingerprint density at radius 3 is 3.17 bits per heavy atom. The minimum Gasteiger partial charge on any atom is -0.497 e. The zero-order valence-electron chi connectivity index (χ0n) is 13.0. The van der Waals surface area contributed by atoms with Crippen LogP contribution in [-0.4, -0.2) is 39.5 Å². The number of hydrogen-bond acceptors (Lipinski definition) is 7. The molecule has 0 atom stereocenters. The van der Waals surface area contributed by atoms with Crippen molar-refractivity contribution in [2.24, 2.45) is 4.99 Å². The minimum atomic E-state index is -0.379. The van der Waals surface area contributed by atoms with E-state index in [-0.39, 0.29) is 30.4 Å². The van der Waals surface area contributed by atoms with Crippen molar-refractivity contribution in [2.75, 3.05) is 19.5 Å². The Labute approximate surface area is 136 Å². The van der Waals surface area contributed by atoms with Crippen molar-refractivity contribution >= 4 is 29.0 Å². The van der Waals surface area contributed by atoms with Crippen molar-refractivity contribution in [1.29, 1.82) is 0 Å². The molecule has 1 aromatic carbocycles. The Hall–Kier alpha value is -3.20. The molecule has 3 aromatic rings. The fourth-order valence-electron chi connectivity index (χ4n) is 2.10. The topological polar surface area (TPSA) is 120 Å². The first-order valence-corrected chi connectivity index (χ1v) is 7.12. The summed E-state index contributed by atoms with van der Waals surface area (Å²) in [6, 6.07) is 7.39. The van der Waals surface area contributed by atoms with Gasteiger partial charge in [-0.1, -0.05) is 6.07 Å². The molecule has 2 aromatic heterocycles. The molecule has 2 heterocycles. The molecule has 3 N–H and O–H groups in total. The van der Waals surface area contributed by atoms with Gasteiger partial charge in [0.2, 0.25) is 5.95 Å². The van der Waals surface area contributed by atoms with Gasteiger partial charge in [-0.3, -0.25) is 19.3 Å². The SMILES string of the molecule is COc1cccc(/N=C/COCn2cnc3c(=O)[nH]c(N)nc32)c1. The predicted octanol–water partition coefficient (Wildman–Crippen LogP) is 1.09. The van der Waals surface area contributed by atoms with Gasteiger partial charge in [0.1, 0.15) is 12.5 Å². The number of aromatic amines is 1. The van der Waals surface area contributed by atoms with Crippen LogP contribution in [0.15, 0.2) is 40.4 Å². The molecule has 0 bridgehead atoms. The summed E-state index contributed by atoms with van der Waals surface area (Å²) >= 11 is 0. The molecular formula is C15H16N6O3. The summed E-state index contributed by atoms with van der Waals surface area (Å²) in [5.74, 6) is 0.776. The molecule has 9 heteroatoms. The monoisotopic (exact) mass is 328 g/mol. The van der Waals surface area contributed by atoms with Crippen molar-refractivity contribution < 1.29 is 9.47 Å². The number of nitrogens with one attached hydrogen (secondary N) is 1. The van der Waals surface area contributed by atoms with Crippen LogP contribution in [0.4, 0.5) is 11.6 Å². The van der Waals surface area contributed by atoms with Crippen LogP contribution in [0.5, 0.6) is 5.75 Å². The van der Waals surface area contributed by atoms with Crippen LogP contribution >= 0.6 is 0 Å². The Kier molecular flexibility index (Phi) is 4.52. The Bertz CT molecular complexity index is 930. The molecule has 0 amide bonds. The molecule has 0 aliphatic carbocycles. The highest BCUT2D eigenvalue weighted by molar-refractivity contribution is 5.70. The first-order valence-electron chi connectivity index (χ1n) is 7.12. The maximum absolute atomic E-state index is 11.7. The lowest BCUT2D eigenvalue weighted by atomic mass is 10.3. The highest BCUT2D eigenvalue weighted by Crippen LogP contribution is 2.18. The van der Waals surface area contributed by atoms with E-state index in [2.05, 4.69) is 19.9 Å². The average Bonchev–Trinajstić information content (AvgIpc) is 2.98. The van der Waals surface area contributed by atoms with Gasteiger partial charge >= 0.3 is 0 Å². The third-order valence-electron chi connectivity index (χ3n) is 3.21. The molecule has 0 saturated heterocycles. The van der Waals surface area contributed by atoms with E-state index >= 15 is 0 Å². The van der Waals surface area contributed by atoms with Gasteiger partial charge < -0.3 is 15.2 Å². The van der Waals surface area contributed by atoms with Crippen LogP contribution in [0, 0.1) is 0 Å². The zero-order chi connectivity index (χ0) is 16.9. The molecule has 9 nitrogen and oxygen atoms in total. The van der Waals surface area contributed by atoms with E-state index in [1.165, 1.54) is 6.33 Å². The molecule has 0 aliphatic heterocycles. The summed E-state index contributed by atoms with van der Waals surface area (Å²) in [4.78, 5) is 26.4. The van der Waals surface area contributed by atoms with Gasteiger partial charge in [-0.2, -0.15) is 4.98 Å². The van der Waals surface area contributed by atoms with E-state index in [0.717, 1.165) is 11.4 Å². The summed E-state index contributed by atoms with van der Waals surface area (Å²) in [7, 11) is 1.60. The molecule has 0 aliphatic rings. The van der Waals surface area contributed by atoms with E-state index < -0.39 is 0 Å². The number of aromatic nitrogens is 4. The molecule has 0 unspecified atom stereocenters. The normalized spacial score (nSPS) is 11.4. The average molecular weight is 328 g/mol. The van der Waals surface area contributed by atoms with Crippen LogP contribution in [0.2, 0.25) is 0 Å². The summed E-state index contributed by atoms with van der Waals surface area (Å²) in [5, 5.41) is 0. The third kappa shape index (κ3) is 3.41. The molecule has 0 saturated carbocycles. The maximum atomic E-state index is 11.7. The summed E-state index contributed by atoms with van der Waals surface area (Å²) < 4.78 is 12.2. The van der Waals surface area contributed by atoms with Crippen LogP contribution in [0.3, 0.4) is 0 Å². The van der Waals surface area contributed by atoms with Crippen molar-refractivity contribution in [2.45, 2.75) is 6.73 Å². The summed E-state index contributed by atoms with van der Waals surface area (Å²) in [6.07, 6.45) is 3.12. The lowest BCUT2D eigenvalue weighted by Gasteiger charge is -2.03. The molecular weight excluding hydrogens is 312 g/mol. The van der Waals surface area contributed by atoms with Gasteiger partial charge in [0.05, 0.1) is 25.7 Å². The molecule has 0 fully saturated rings. The number of nitrogens with two attached hydrogens (primary N) is 1. The predicted molar refractivity (Wildman–Crippen MR) is 89.7 cm³/mol. The number of imidazole rings is 1. The Morgan fingerprint density at radius 2 is 2.33 bits per heavy atom. The first kappa shape index (κ1) is 15.7. The molecule has 24 heavy (non-hydrogen) atoms. The fourth-order valence-corrected chi connectivity index (χ4v) is 2.10. The molecule has 3 rings (SSSR count). The first-order chi connectivity index (χ1) is 11.7. The van der Waals surface area contributed by atoms with Crippen molar-refractivity contribution in [3.8, 4) is 5.75 Å². The number of aliphatic imine (C=N–C) groups is 1. The maximum Gasteiger partial charge on any atom is 0.280 e. The minimum absolute atomic E-state index is 0.0360. The number of hydrogen-bond donors (Lipinski definition) is 2. The van der Waals surface area contributed by atoms with Gasteiger partial charge in [-0.25, -0.2) is 4.98 Å². The highest BCUT2D eigenvalue weighted by atomic mass is 16.5. The lowest BCUT2D eigenvalue weighted by molar-refractivity contribution is 0.113.